The van der Waals surface area contributed by atoms with E-state index < -0.39 is 21.3 Å². The molecular weight excluding hydrogens is 471 g/mol. The average Bonchev–Trinajstić information content (AvgIpc) is 2.74. The molecule has 0 aliphatic heterocycles. The molecule has 3 rings (SSSR count). The van der Waals surface area contributed by atoms with E-state index in [9.17, 15) is 17.6 Å². The summed E-state index contributed by atoms with van der Waals surface area (Å²) in [7, 11) is -3.64. The summed E-state index contributed by atoms with van der Waals surface area (Å²) in [6.45, 7) is 1.92. The van der Waals surface area contributed by atoms with Crippen LogP contribution >= 0.6 is 15.9 Å². The van der Waals surface area contributed by atoms with Gasteiger partial charge in [0.25, 0.3) is 0 Å². The highest BCUT2D eigenvalue weighted by Crippen LogP contribution is 2.47. The fourth-order valence-corrected chi connectivity index (χ4v) is 5.94. The van der Waals surface area contributed by atoms with Crippen molar-refractivity contribution in [1.29, 1.82) is 0 Å². The van der Waals surface area contributed by atoms with Crippen molar-refractivity contribution in [2.24, 2.45) is 11.1 Å². The van der Waals surface area contributed by atoms with E-state index in [4.69, 9.17) is 5.73 Å². The molecule has 30 heavy (non-hydrogen) atoms. The second-order valence-corrected chi connectivity index (χ2v) is 10.2. The maximum absolute atomic E-state index is 13.3. The van der Waals surface area contributed by atoms with Gasteiger partial charge in [0.15, 0.2) is 0 Å². The number of primary amides is 1. The largest absolute Gasteiger partial charge is 0.369 e. The van der Waals surface area contributed by atoms with Crippen molar-refractivity contribution in [1.82, 2.24) is 4.72 Å². The summed E-state index contributed by atoms with van der Waals surface area (Å²) in [5.74, 6) is -0.919. The number of alkyl halides is 1. The van der Waals surface area contributed by atoms with Crippen LogP contribution in [0.1, 0.15) is 49.7 Å². The molecule has 1 aliphatic rings. The molecule has 0 heterocycles. The van der Waals surface area contributed by atoms with Gasteiger partial charge in [-0.15, -0.1) is 0 Å². The first kappa shape index (κ1) is 22.9. The standard InChI is InChI=1S/C22H26BrFN2O3S/c1-15(17-4-6-18(24)7-5-17)22(21(25)27)12-10-19(11-13-22)26-30(28,29)20-8-2-16(14-23)3-9-20/h2-9,15,19,26H,10-14H2,1H3,(H2,25,27)/t15-,19?,22?/m1/s1. The van der Waals surface area contributed by atoms with Crippen LogP contribution in [0.25, 0.3) is 0 Å². The monoisotopic (exact) mass is 496 g/mol. The fraction of sp³-hybridized carbons (Fsp3) is 0.409. The number of carbonyl (C=O) groups is 1. The number of nitrogens with two attached hydrogens (primary N) is 1. The summed E-state index contributed by atoms with van der Waals surface area (Å²) in [6.07, 6.45) is 1.95. The van der Waals surface area contributed by atoms with Crippen molar-refractivity contribution in [2.75, 3.05) is 0 Å². The third kappa shape index (κ3) is 4.76. The predicted octanol–water partition coefficient (Wildman–Crippen LogP) is 4.22. The van der Waals surface area contributed by atoms with Crippen LogP contribution in [0.3, 0.4) is 0 Å². The van der Waals surface area contributed by atoms with E-state index in [1.54, 1.807) is 36.4 Å². The minimum atomic E-state index is -3.64. The molecule has 1 saturated carbocycles. The van der Waals surface area contributed by atoms with Gasteiger partial charge in [0.1, 0.15) is 5.82 Å². The van der Waals surface area contributed by atoms with Crippen LogP contribution in [-0.2, 0) is 20.1 Å². The number of hydrogen-bond donors (Lipinski definition) is 2. The molecule has 3 N–H and O–H groups in total. The molecule has 1 atom stereocenters. The molecular formula is C22H26BrFN2O3S. The normalized spacial score (nSPS) is 23.1. The number of halogens is 2. The van der Waals surface area contributed by atoms with Crippen LogP contribution in [-0.4, -0.2) is 20.4 Å². The van der Waals surface area contributed by atoms with Crippen molar-refractivity contribution < 1.29 is 17.6 Å². The molecule has 2 aromatic rings. The van der Waals surface area contributed by atoms with Gasteiger partial charge in [0.05, 0.1) is 10.3 Å². The zero-order chi connectivity index (χ0) is 21.9. The van der Waals surface area contributed by atoms with Gasteiger partial charge in [-0.05, 0) is 67.0 Å². The Kier molecular flexibility index (Phi) is 6.99. The highest BCUT2D eigenvalue weighted by Gasteiger charge is 2.45. The first-order valence-corrected chi connectivity index (χ1v) is 12.5. The van der Waals surface area contributed by atoms with Gasteiger partial charge in [0.2, 0.25) is 15.9 Å². The van der Waals surface area contributed by atoms with Crippen molar-refractivity contribution in [3.63, 3.8) is 0 Å². The number of hydrogen-bond acceptors (Lipinski definition) is 3. The number of benzene rings is 2. The van der Waals surface area contributed by atoms with E-state index >= 15 is 0 Å². The third-order valence-electron chi connectivity index (χ3n) is 6.28. The SMILES string of the molecule is C[C@H](c1ccc(F)cc1)C1(C(N)=O)CCC(NS(=O)(=O)c2ccc(CBr)cc2)CC1. The molecule has 1 amide bonds. The van der Waals surface area contributed by atoms with E-state index in [1.807, 2.05) is 6.92 Å². The Morgan fingerprint density at radius 2 is 1.73 bits per heavy atom. The Bertz CT molecular complexity index is 986. The molecule has 0 radical (unpaired) electrons. The van der Waals surface area contributed by atoms with Gasteiger partial charge in [-0.2, -0.15) is 0 Å². The number of nitrogens with one attached hydrogen (secondary N) is 1. The van der Waals surface area contributed by atoms with E-state index in [0.717, 1.165) is 11.1 Å². The van der Waals surface area contributed by atoms with Crippen LogP contribution in [0.2, 0.25) is 0 Å². The zero-order valence-electron chi connectivity index (χ0n) is 16.8. The summed E-state index contributed by atoms with van der Waals surface area (Å²) in [5.41, 5.74) is 6.87. The summed E-state index contributed by atoms with van der Waals surface area (Å²) in [4.78, 5) is 12.7. The zero-order valence-corrected chi connectivity index (χ0v) is 19.2. The molecule has 1 aliphatic carbocycles. The Labute approximate surface area is 185 Å². The number of amides is 1. The van der Waals surface area contributed by atoms with Crippen molar-refractivity contribution >= 4 is 31.9 Å². The van der Waals surface area contributed by atoms with Gasteiger partial charge in [-0.3, -0.25) is 4.79 Å². The maximum Gasteiger partial charge on any atom is 0.240 e. The Morgan fingerprint density at radius 1 is 1.17 bits per heavy atom. The second kappa shape index (κ2) is 9.16. The van der Waals surface area contributed by atoms with Gasteiger partial charge < -0.3 is 5.73 Å². The van der Waals surface area contributed by atoms with E-state index in [2.05, 4.69) is 20.7 Å². The van der Waals surface area contributed by atoms with Crippen molar-refractivity contribution in [3.05, 3.63) is 65.5 Å². The van der Waals surface area contributed by atoms with Crippen molar-refractivity contribution in [3.8, 4) is 0 Å². The van der Waals surface area contributed by atoms with Crippen LogP contribution in [0.4, 0.5) is 4.39 Å². The fourth-order valence-electron chi connectivity index (χ4n) is 4.26. The molecule has 8 heteroatoms. The van der Waals surface area contributed by atoms with Crippen LogP contribution in [0, 0.1) is 11.2 Å². The van der Waals surface area contributed by atoms with Gasteiger partial charge in [-0.25, -0.2) is 17.5 Å². The molecule has 0 aromatic heterocycles. The molecule has 5 nitrogen and oxygen atoms in total. The molecule has 162 valence electrons. The first-order chi connectivity index (χ1) is 14.2. The summed E-state index contributed by atoms with van der Waals surface area (Å²) in [5, 5.41) is 0.658. The Hall–Kier alpha value is -1.77. The molecule has 2 aromatic carbocycles. The topological polar surface area (TPSA) is 89.3 Å². The lowest BCUT2D eigenvalue weighted by molar-refractivity contribution is -0.131. The second-order valence-electron chi connectivity index (χ2n) is 7.97. The molecule has 0 bridgehead atoms. The van der Waals surface area contributed by atoms with E-state index in [-0.39, 0.29) is 22.7 Å². The lowest BCUT2D eigenvalue weighted by atomic mass is 9.63. The lowest BCUT2D eigenvalue weighted by Gasteiger charge is -2.42. The van der Waals surface area contributed by atoms with Crippen LogP contribution in [0.5, 0.6) is 0 Å². The van der Waals surface area contributed by atoms with Crippen LogP contribution < -0.4 is 10.5 Å². The first-order valence-electron chi connectivity index (χ1n) is 9.90. The predicted molar refractivity (Wildman–Crippen MR) is 118 cm³/mol. The van der Waals surface area contributed by atoms with Gasteiger partial charge in [-0.1, -0.05) is 47.1 Å². The van der Waals surface area contributed by atoms with Gasteiger partial charge >= 0.3 is 0 Å². The maximum atomic E-state index is 13.3. The highest BCUT2D eigenvalue weighted by atomic mass is 79.9. The molecule has 0 saturated heterocycles. The summed E-state index contributed by atoms with van der Waals surface area (Å²) in [6, 6.07) is 12.6. The molecule has 0 spiro atoms. The van der Waals surface area contributed by atoms with Gasteiger partial charge in [0, 0.05) is 11.4 Å². The summed E-state index contributed by atoms with van der Waals surface area (Å²) >= 11 is 3.34. The number of carbonyl (C=O) groups excluding carboxylic acids is 1. The number of sulfonamides is 1. The molecule has 1 fully saturated rings. The quantitative estimate of drug-likeness (QED) is 0.562. The third-order valence-corrected chi connectivity index (χ3v) is 8.46. The Balaban J connectivity index is 1.72. The smallest absolute Gasteiger partial charge is 0.240 e. The van der Waals surface area contributed by atoms with Crippen LogP contribution in [0.15, 0.2) is 53.4 Å². The number of rotatable bonds is 7. The minimum absolute atomic E-state index is 0.190. The van der Waals surface area contributed by atoms with E-state index in [0.29, 0.717) is 31.0 Å². The van der Waals surface area contributed by atoms with Crippen molar-refractivity contribution in [2.45, 2.75) is 54.8 Å². The lowest BCUT2D eigenvalue weighted by Crippen LogP contribution is -2.48. The summed E-state index contributed by atoms with van der Waals surface area (Å²) < 4.78 is 41.5. The molecule has 0 unspecified atom stereocenters. The highest BCUT2D eigenvalue weighted by molar-refractivity contribution is 9.08. The average molecular weight is 497 g/mol. The Morgan fingerprint density at radius 3 is 2.23 bits per heavy atom. The minimum Gasteiger partial charge on any atom is -0.369 e. The van der Waals surface area contributed by atoms with E-state index in [1.165, 1.54) is 12.1 Å².